The first-order valence-electron chi connectivity index (χ1n) is 9.15. The van der Waals surface area contributed by atoms with Crippen LogP contribution >= 0.6 is 11.6 Å². The number of benzene rings is 2. The lowest BCUT2D eigenvalue weighted by Gasteiger charge is -2.16. The summed E-state index contributed by atoms with van der Waals surface area (Å²) in [5.74, 6) is -0.448. The summed E-state index contributed by atoms with van der Waals surface area (Å²) in [4.78, 5) is 27.3. The van der Waals surface area contributed by atoms with Gasteiger partial charge in [0.1, 0.15) is 6.54 Å². The van der Waals surface area contributed by atoms with Crippen LogP contribution in [0.25, 0.3) is 0 Å². The van der Waals surface area contributed by atoms with Gasteiger partial charge in [0.05, 0.1) is 13.6 Å². The molecule has 150 valence electrons. The van der Waals surface area contributed by atoms with Crippen LogP contribution in [0.5, 0.6) is 0 Å². The number of carbonyl (C=O) groups is 2. The SMILES string of the molecule is Cc1c(Cl)cccc1NC(=O)CNC(=O)C[NH+](C)Cc1ccc(N(C)C)cc1. The Labute approximate surface area is 171 Å². The molecule has 2 aromatic carbocycles. The molecular formula is C21H28ClN4O2+. The normalized spacial score (nSPS) is 11.6. The van der Waals surface area contributed by atoms with Gasteiger partial charge in [0, 0.05) is 36.1 Å². The van der Waals surface area contributed by atoms with Crippen molar-refractivity contribution in [2.45, 2.75) is 13.5 Å². The van der Waals surface area contributed by atoms with Crippen LogP contribution in [0.3, 0.4) is 0 Å². The number of likely N-dealkylation sites (N-methyl/N-ethyl adjacent to an activating group) is 1. The molecular weight excluding hydrogens is 376 g/mol. The molecule has 1 atom stereocenters. The van der Waals surface area contributed by atoms with Gasteiger partial charge in [-0.25, -0.2) is 0 Å². The first-order valence-corrected chi connectivity index (χ1v) is 9.53. The van der Waals surface area contributed by atoms with E-state index in [1.807, 2.05) is 33.0 Å². The molecule has 0 heterocycles. The molecule has 7 heteroatoms. The van der Waals surface area contributed by atoms with Crippen molar-refractivity contribution in [3.63, 3.8) is 0 Å². The first kappa shape index (κ1) is 21.7. The molecule has 2 rings (SSSR count). The van der Waals surface area contributed by atoms with Crippen LogP contribution < -0.4 is 20.4 Å². The van der Waals surface area contributed by atoms with Gasteiger partial charge in [-0.3, -0.25) is 9.59 Å². The standard InChI is InChI=1S/C21H27ClN4O2/c1-15-18(22)6-5-7-19(15)24-20(27)12-23-21(28)14-26(4)13-16-8-10-17(11-9-16)25(2)3/h5-11H,12-14H2,1-4H3,(H,23,28)(H,24,27)/p+1. The molecule has 0 radical (unpaired) electrons. The lowest BCUT2D eigenvalue weighted by atomic mass is 10.2. The van der Waals surface area contributed by atoms with E-state index >= 15 is 0 Å². The summed E-state index contributed by atoms with van der Waals surface area (Å²) in [5, 5.41) is 6.02. The van der Waals surface area contributed by atoms with Crippen molar-refractivity contribution >= 4 is 34.8 Å². The highest BCUT2D eigenvalue weighted by molar-refractivity contribution is 6.31. The number of quaternary nitrogens is 1. The molecule has 2 aromatic rings. The minimum absolute atomic E-state index is 0.0738. The van der Waals surface area contributed by atoms with Gasteiger partial charge in [0.2, 0.25) is 5.91 Å². The molecule has 0 aliphatic rings. The number of hydrogen-bond acceptors (Lipinski definition) is 3. The van der Waals surface area contributed by atoms with Crippen molar-refractivity contribution < 1.29 is 14.5 Å². The van der Waals surface area contributed by atoms with Crippen molar-refractivity contribution in [3.8, 4) is 0 Å². The van der Waals surface area contributed by atoms with Crippen molar-refractivity contribution in [2.75, 3.05) is 44.4 Å². The fourth-order valence-corrected chi connectivity index (χ4v) is 2.95. The maximum atomic E-state index is 12.1. The van der Waals surface area contributed by atoms with E-state index in [2.05, 4.69) is 34.9 Å². The maximum Gasteiger partial charge on any atom is 0.275 e. The predicted octanol–water partition coefficient (Wildman–Crippen LogP) is 1.48. The van der Waals surface area contributed by atoms with Crippen molar-refractivity contribution in [1.82, 2.24) is 5.32 Å². The lowest BCUT2D eigenvalue weighted by molar-refractivity contribution is -0.885. The van der Waals surface area contributed by atoms with E-state index in [-0.39, 0.29) is 18.4 Å². The summed E-state index contributed by atoms with van der Waals surface area (Å²) in [7, 11) is 5.95. The number of halogens is 1. The van der Waals surface area contributed by atoms with Crippen LogP contribution in [0.4, 0.5) is 11.4 Å². The highest BCUT2D eigenvalue weighted by atomic mass is 35.5. The van der Waals surface area contributed by atoms with Crippen LogP contribution in [-0.4, -0.2) is 46.0 Å². The molecule has 2 amide bonds. The fourth-order valence-electron chi connectivity index (χ4n) is 2.78. The molecule has 0 saturated carbocycles. The fraction of sp³-hybridized carbons (Fsp3) is 0.333. The largest absolute Gasteiger partial charge is 0.378 e. The average molecular weight is 404 g/mol. The summed E-state index contributed by atoms with van der Waals surface area (Å²) >= 11 is 6.05. The first-order chi connectivity index (χ1) is 13.3. The van der Waals surface area contributed by atoms with E-state index < -0.39 is 0 Å². The summed E-state index contributed by atoms with van der Waals surface area (Å²) in [6.45, 7) is 2.78. The molecule has 0 aliphatic heterocycles. The Hall–Kier alpha value is -2.57. The van der Waals surface area contributed by atoms with E-state index in [1.54, 1.807) is 18.2 Å². The zero-order valence-corrected chi connectivity index (χ0v) is 17.6. The minimum atomic E-state index is -0.282. The highest BCUT2D eigenvalue weighted by Crippen LogP contribution is 2.22. The molecule has 1 unspecified atom stereocenters. The smallest absolute Gasteiger partial charge is 0.275 e. The Kier molecular flexibility index (Phi) is 7.84. The second kappa shape index (κ2) is 10.1. The quantitative estimate of drug-likeness (QED) is 0.625. The van der Waals surface area contributed by atoms with Crippen LogP contribution in [0, 0.1) is 6.92 Å². The van der Waals surface area contributed by atoms with Gasteiger partial charge in [-0.2, -0.15) is 0 Å². The third-order valence-electron chi connectivity index (χ3n) is 4.41. The van der Waals surface area contributed by atoms with E-state index in [0.29, 0.717) is 17.3 Å². The third-order valence-corrected chi connectivity index (χ3v) is 4.82. The molecule has 0 bridgehead atoms. The van der Waals surface area contributed by atoms with Gasteiger partial charge < -0.3 is 20.4 Å². The summed E-state index contributed by atoms with van der Waals surface area (Å²) < 4.78 is 0. The number of rotatable bonds is 8. The van der Waals surface area contributed by atoms with Crippen LogP contribution in [-0.2, 0) is 16.1 Å². The van der Waals surface area contributed by atoms with Gasteiger partial charge in [0.15, 0.2) is 6.54 Å². The molecule has 6 nitrogen and oxygen atoms in total. The number of hydrogen-bond donors (Lipinski definition) is 3. The van der Waals surface area contributed by atoms with Crippen LogP contribution in [0.15, 0.2) is 42.5 Å². The molecule has 0 saturated heterocycles. The second-order valence-electron chi connectivity index (χ2n) is 7.11. The average Bonchev–Trinajstić information content (AvgIpc) is 2.64. The Morgan fingerprint density at radius 2 is 1.75 bits per heavy atom. The number of carbonyl (C=O) groups excluding carboxylic acids is 2. The van der Waals surface area contributed by atoms with E-state index in [0.717, 1.165) is 28.3 Å². The third kappa shape index (κ3) is 6.55. The van der Waals surface area contributed by atoms with Gasteiger partial charge in [-0.1, -0.05) is 29.8 Å². The Morgan fingerprint density at radius 3 is 2.39 bits per heavy atom. The Morgan fingerprint density at radius 1 is 1.07 bits per heavy atom. The number of amides is 2. The van der Waals surface area contributed by atoms with Crippen molar-refractivity contribution in [3.05, 3.63) is 58.6 Å². The molecule has 28 heavy (non-hydrogen) atoms. The monoisotopic (exact) mass is 403 g/mol. The summed E-state index contributed by atoms with van der Waals surface area (Å²) in [6.07, 6.45) is 0. The topological polar surface area (TPSA) is 65.9 Å². The van der Waals surface area contributed by atoms with Gasteiger partial charge in [0.25, 0.3) is 5.91 Å². The van der Waals surface area contributed by atoms with Crippen LogP contribution in [0.1, 0.15) is 11.1 Å². The summed E-state index contributed by atoms with van der Waals surface area (Å²) in [6, 6.07) is 13.6. The van der Waals surface area contributed by atoms with E-state index in [9.17, 15) is 9.59 Å². The number of nitrogens with one attached hydrogen (secondary N) is 3. The maximum absolute atomic E-state index is 12.1. The van der Waals surface area contributed by atoms with E-state index in [1.165, 1.54) is 0 Å². The minimum Gasteiger partial charge on any atom is -0.378 e. The Balaban J connectivity index is 1.76. The van der Waals surface area contributed by atoms with Gasteiger partial charge in [-0.05, 0) is 36.8 Å². The molecule has 0 aliphatic carbocycles. The van der Waals surface area contributed by atoms with E-state index in [4.69, 9.17) is 11.6 Å². The molecule has 0 fully saturated rings. The number of anilines is 2. The predicted molar refractivity (Wildman–Crippen MR) is 114 cm³/mol. The Bertz CT molecular complexity index is 822. The van der Waals surface area contributed by atoms with Crippen LogP contribution in [0.2, 0.25) is 5.02 Å². The lowest BCUT2D eigenvalue weighted by Crippen LogP contribution is -3.08. The van der Waals surface area contributed by atoms with Gasteiger partial charge >= 0.3 is 0 Å². The van der Waals surface area contributed by atoms with Crippen molar-refractivity contribution in [1.29, 1.82) is 0 Å². The zero-order valence-electron chi connectivity index (χ0n) is 16.8. The molecule has 0 spiro atoms. The van der Waals surface area contributed by atoms with Crippen molar-refractivity contribution in [2.24, 2.45) is 0 Å². The van der Waals surface area contributed by atoms with Gasteiger partial charge in [-0.15, -0.1) is 0 Å². The highest BCUT2D eigenvalue weighted by Gasteiger charge is 2.13. The molecule has 0 aromatic heterocycles. The second-order valence-corrected chi connectivity index (χ2v) is 7.52. The number of nitrogens with zero attached hydrogens (tertiary/aromatic N) is 1. The summed E-state index contributed by atoms with van der Waals surface area (Å²) in [5.41, 5.74) is 3.74. The molecule has 3 N–H and O–H groups in total. The zero-order chi connectivity index (χ0) is 20.7.